The fourth-order valence-electron chi connectivity index (χ4n) is 3.22. The number of fused-ring (bicyclic) bond motifs is 1. The Morgan fingerprint density at radius 3 is 2.92 bits per heavy atom. The second-order valence-electron chi connectivity index (χ2n) is 6.92. The molecule has 24 heavy (non-hydrogen) atoms. The summed E-state index contributed by atoms with van der Waals surface area (Å²) in [6.07, 6.45) is 5.47. The van der Waals surface area contributed by atoms with Gasteiger partial charge in [0.2, 0.25) is 0 Å². The maximum absolute atomic E-state index is 12.4. The van der Waals surface area contributed by atoms with Crippen LogP contribution in [0.3, 0.4) is 0 Å². The number of rotatable bonds is 5. The maximum atomic E-state index is 12.4. The summed E-state index contributed by atoms with van der Waals surface area (Å²) in [7, 11) is 0. The van der Waals surface area contributed by atoms with Gasteiger partial charge in [0.05, 0.1) is 17.4 Å². The van der Waals surface area contributed by atoms with E-state index in [0.717, 1.165) is 18.5 Å². The van der Waals surface area contributed by atoms with E-state index < -0.39 is 0 Å². The molecule has 4 heteroatoms. The molecule has 126 valence electrons. The Labute approximate surface area is 143 Å². The zero-order chi connectivity index (χ0) is 17.1. The molecule has 1 amide bonds. The minimum Gasteiger partial charge on any atom is -0.352 e. The second-order valence-corrected chi connectivity index (χ2v) is 6.92. The summed E-state index contributed by atoms with van der Waals surface area (Å²) in [6, 6.07) is 10.7. The van der Waals surface area contributed by atoms with E-state index in [9.17, 15) is 4.79 Å². The van der Waals surface area contributed by atoms with E-state index in [1.807, 2.05) is 12.3 Å². The van der Waals surface area contributed by atoms with Crippen LogP contribution in [0.2, 0.25) is 0 Å². The Balaban J connectivity index is 1.80. The highest BCUT2D eigenvalue weighted by molar-refractivity contribution is 5.95. The standard InChI is InChI=1S/C20H25N3O/c1-14(2)8-9-22-20(24)17-11-18(13-21-12-17)23-15(3)10-16-6-4-5-7-19(16)23/h4-7,11-15H,8-10H2,1-3H3,(H,22,24). The van der Waals surface area contributed by atoms with Crippen molar-refractivity contribution in [1.29, 1.82) is 0 Å². The normalized spacial score (nSPS) is 16.3. The molecule has 0 fully saturated rings. The van der Waals surface area contributed by atoms with E-state index in [4.69, 9.17) is 0 Å². The Kier molecular flexibility index (Phi) is 4.84. The summed E-state index contributed by atoms with van der Waals surface area (Å²) >= 11 is 0. The van der Waals surface area contributed by atoms with Crippen LogP contribution in [0.5, 0.6) is 0 Å². The number of aromatic nitrogens is 1. The average molecular weight is 323 g/mol. The maximum Gasteiger partial charge on any atom is 0.252 e. The minimum absolute atomic E-state index is 0.0508. The first-order chi connectivity index (χ1) is 11.6. The number of carbonyl (C=O) groups is 1. The monoisotopic (exact) mass is 323 g/mol. The predicted molar refractivity (Wildman–Crippen MR) is 97.8 cm³/mol. The Morgan fingerprint density at radius 1 is 1.33 bits per heavy atom. The van der Waals surface area contributed by atoms with Crippen LogP contribution in [0.25, 0.3) is 0 Å². The lowest BCUT2D eigenvalue weighted by Crippen LogP contribution is -2.27. The van der Waals surface area contributed by atoms with Crippen LogP contribution in [0.15, 0.2) is 42.7 Å². The highest BCUT2D eigenvalue weighted by Crippen LogP contribution is 2.37. The third kappa shape index (κ3) is 3.42. The van der Waals surface area contributed by atoms with Crippen LogP contribution < -0.4 is 10.2 Å². The van der Waals surface area contributed by atoms with Gasteiger partial charge in [-0.3, -0.25) is 9.78 Å². The van der Waals surface area contributed by atoms with Gasteiger partial charge >= 0.3 is 0 Å². The molecule has 1 aliphatic heterocycles. The van der Waals surface area contributed by atoms with Crippen molar-refractivity contribution < 1.29 is 4.79 Å². The van der Waals surface area contributed by atoms with Gasteiger partial charge in [-0.25, -0.2) is 0 Å². The zero-order valence-electron chi connectivity index (χ0n) is 14.6. The summed E-state index contributed by atoms with van der Waals surface area (Å²) in [6.45, 7) is 7.21. The van der Waals surface area contributed by atoms with Gasteiger partial charge in [0.1, 0.15) is 0 Å². The first-order valence-corrected chi connectivity index (χ1v) is 8.66. The van der Waals surface area contributed by atoms with Crippen LogP contribution >= 0.6 is 0 Å². The lowest BCUT2D eigenvalue weighted by atomic mass is 10.1. The molecular weight excluding hydrogens is 298 g/mol. The number of nitrogens with one attached hydrogen (secondary N) is 1. The van der Waals surface area contributed by atoms with Gasteiger partial charge in [-0.15, -0.1) is 0 Å². The molecule has 0 spiro atoms. The average Bonchev–Trinajstić information content (AvgIpc) is 2.90. The zero-order valence-corrected chi connectivity index (χ0v) is 14.6. The molecular formula is C20H25N3O. The third-order valence-electron chi connectivity index (χ3n) is 4.48. The molecule has 0 saturated heterocycles. The highest BCUT2D eigenvalue weighted by Gasteiger charge is 2.27. The Bertz CT molecular complexity index is 726. The second kappa shape index (κ2) is 7.04. The quantitative estimate of drug-likeness (QED) is 0.906. The minimum atomic E-state index is -0.0508. The summed E-state index contributed by atoms with van der Waals surface area (Å²) in [5.74, 6) is 0.529. The topological polar surface area (TPSA) is 45.2 Å². The van der Waals surface area contributed by atoms with Crippen LogP contribution in [0.1, 0.15) is 43.1 Å². The molecule has 2 aromatic rings. The van der Waals surface area contributed by atoms with Crippen molar-refractivity contribution in [2.75, 3.05) is 11.4 Å². The first-order valence-electron chi connectivity index (χ1n) is 8.66. The fraction of sp³-hybridized carbons (Fsp3) is 0.400. The molecule has 2 heterocycles. The largest absolute Gasteiger partial charge is 0.352 e. The molecule has 1 aliphatic rings. The summed E-state index contributed by atoms with van der Waals surface area (Å²) < 4.78 is 0. The molecule has 0 saturated carbocycles. The number of hydrogen-bond acceptors (Lipinski definition) is 3. The van der Waals surface area contributed by atoms with Crippen molar-refractivity contribution in [2.24, 2.45) is 5.92 Å². The van der Waals surface area contributed by atoms with E-state index in [2.05, 4.69) is 60.2 Å². The van der Waals surface area contributed by atoms with Crippen LogP contribution in [0.4, 0.5) is 11.4 Å². The summed E-state index contributed by atoms with van der Waals surface area (Å²) in [5.41, 5.74) is 4.15. The molecule has 0 aliphatic carbocycles. The molecule has 1 unspecified atom stereocenters. The highest BCUT2D eigenvalue weighted by atomic mass is 16.1. The number of amides is 1. The van der Waals surface area contributed by atoms with Gasteiger partial charge in [-0.1, -0.05) is 32.0 Å². The molecule has 0 radical (unpaired) electrons. The summed E-state index contributed by atoms with van der Waals surface area (Å²) in [5, 5.41) is 2.98. The van der Waals surface area contributed by atoms with Gasteiger partial charge in [-0.05, 0) is 43.4 Å². The molecule has 1 aromatic heterocycles. The van der Waals surface area contributed by atoms with Crippen molar-refractivity contribution in [3.05, 3.63) is 53.9 Å². The summed E-state index contributed by atoms with van der Waals surface area (Å²) in [4.78, 5) is 18.9. The Hall–Kier alpha value is -2.36. The van der Waals surface area contributed by atoms with Crippen LogP contribution in [-0.2, 0) is 6.42 Å². The predicted octanol–water partition coefficient (Wildman–Crippen LogP) is 3.94. The van der Waals surface area contributed by atoms with Crippen molar-refractivity contribution >= 4 is 17.3 Å². The molecule has 1 N–H and O–H groups in total. The first kappa shape index (κ1) is 16.5. The fourth-order valence-corrected chi connectivity index (χ4v) is 3.22. The van der Waals surface area contributed by atoms with E-state index in [1.54, 1.807) is 6.20 Å². The third-order valence-corrected chi connectivity index (χ3v) is 4.48. The molecule has 1 atom stereocenters. The lowest BCUT2D eigenvalue weighted by molar-refractivity contribution is 0.0951. The Morgan fingerprint density at radius 2 is 2.12 bits per heavy atom. The van der Waals surface area contributed by atoms with E-state index in [0.29, 0.717) is 24.1 Å². The smallest absolute Gasteiger partial charge is 0.252 e. The van der Waals surface area contributed by atoms with E-state index >= 15 is 0 Å². The van der Waals surface area contributed by atoms with Gasteiger partial charge in [0, 0.05) is 24.5 Å². The number of nitrogens with zero attached hydrogens (tertiary/aromatic N) is 2. The van der Waals surface area contributed by atoms with Crippen LogP contribution in [0, 0.1) is 5.92 Å². The number of benzene rings is 1. The molecule has 0 bridgehead atoms. The van der Waals surface area contributed by atoms with Crippen molar-refractivity contribution in [2.45, 2.75) is 39.7 Å². The molecule has 3 rings (SSSR count). The number of hydrogen-bond donors (Lipinski definition) is 1. The molecule has 4 nitrogen and oxygen atoms in total. The molecule has 1 aromatic carbocycles. The van der Waals surface area contributed by atoms with Gasteiger partial charge in [0.15, 0.2) is 0 Å². The van der Waals surface area contributed by atoms with Crippen molar-refractivity contribution in [1.82, 2.24) is 10.3 Å². The van der Waals surface area contributed by atoms with E-state index in [1.165, 1.54) is 11.3 Å². The van der Waals surface area contributed by atoms with Gasteiger partial charge in [-0.2, -0.15) is 0 Å². The van der Waals surface area contributed by atoms with Crippen molar-refractivity contribution in [3.63, 3.8) is 0 Å². The van der Waals surface area contributed by atoms with Crippen molar-refractivity contribution in [3.8, 4) is 0 Å². The number of pyridine rings is 1. The number of carbonyl (C=O) groups excluding carboxylic acids is 1. The van der Waals surface area contributed by atoms with Crippen LogP contribution in [-0.4, -0.2) is 23.5 Å². The van der Waals surface area contributed by atoms with Gasteiger partial charge in [0.25, 0.3) is 5.91 Å². The number of para-hydroxylation sites is 1. The number of anilines is 2. The van der Waals surface area contributed by atoms with E-state index in [-0.39, 0.29) is 5.91 Å². The van der Waals surface area contributed by atoms with Gasteiger partial charge < -0.3 is 10.2 Å². The SMILES string of the molecule is CC(C)CCNC(=O)c1cncc(N2c3ccccc3CC2C)c1. The lowest BCUT2D eigenvalue weighted by Gasteiger charge is -2.25.